The first-order valence-electron chi connectivity index (χ1n) is 27.3. The Bertz CT molecular complexity index is 933. The van der Waals surface area contributed by atoms with E-state index in [9.17, 15) is 14.4 Å². The van der Waals surface area contributed by atoms with Crippen LogP contribution in [0.25, 0.3) is 0 Å². The fraction of sp³-hybridized carbons (Fsp3) is 0.945. The summed E-state index contributed by atoms with van der Waals surface area (Å²) in [5.41, 5.74) is 0. The van der Waals surface area contributed by atoms with E-state index in [4.69, 9.17) is 14.2 Å². The monoisotopic (exact) mass is 863 g/mol. The van der Waals surface area contributed by atoms with Crippen LogP contribution in [0.3, 0.4) is 0 Å². The molecule has 0 aromatic carbocycles. The summed E-state index contributed by atoms with van der Waals surface area (Å²) in [7, 11) is 0. The third kappa shape index (κ3) is 47.7. The summed E-state index contributed by atoms with van der Waals surface area (Å²) >= 11 is 0. The van der Waals surface area contributed by atoms with E-state index in [0.29, 0.717) is 19.3 Å². The second-order valence-electron chi connectivity index (χ2n) is 19.6. The second kappa shape index (κ2) is 47.9. The molecule has 0 saturated carbocycles. The zero-order chi connectivity index (χ0) is 44.7. The van der Waals surface area contributed by atoms with Gasteiger partial charge in [0.15, 0.2) is 6.10 Å². The molecule has 0 heterocycles. The number of unbranched alkanes of at least 4 members (excludes halogenated alkanes) is 33. The molecule has 61 heavy (non-hydrogen) atoms. The highest BCUT2D eigenvalue weighted by molar-refractivity contribution is 5.71. The van der Waals surface area contributed by atoms with Crippen LogP contribution in [0.15, 0.2) is 0 Å². The summed E-state index contributed by atoms with van der Waals surface area (Å²) < 4.78 is 16.9. The van der Waals surface area contributed by atoms with Gasteiger partial charge in [-0.25, -0.2) is 0 Å². The van der Waals surface area contributed by atoms with E-state index < -0.39 is 6.10 Å². The number of hydrogen-bond acceptors (Lipinski definition) is 6. The molecule has 0 bridgehead atoms. The van der Waals surface area contributed by atoms with Crippen molar-refractivity contribution in [1.82, 2.24) is 0 Å². The molecule has 0 amide bonds. The van der Waals surface area contributed by atoms with Gasteiger partial charge in [-0.05, 0) is 31.1 Å². The van der Waals surface area contributed by atoms with Gasteiger partial charge in [0.25, 0.3) is 0 Å². The first-order valence-corrected chi connectivity index (χ1v) is 27.3. The number of rotatable bonds is 49. The lowest BCUT2D eigenvalue weighted by atomic mass is 9.99. The Hall–Kier alpha value is -1.59. The molecular formula is C55H106O6. The highest BCUT2D eigenvalue weighted by Crippen LogP contribution is 2.18. The molecule has 1 unspecified atom stereocenters. The predicted molar refractivity (Wildman–Crippen MR) is 261 cm³/mol. The molecule has 6 heteroatoms. The Morgan fingerprint density at radius 3 is 0.934 bits per heavy atom. The van der Waals surface area contributed by atoms with Gasteiger partial charge < -0.3 is 14.2 Å². The normalized spacial score (nSPS) is 12.5. The number of carbonyl (C=O) groups is 3. The fourth-order valence-corrected chi connectivity index (χ4v) is 8.31. The van der Waals surface area contributed by atoms with Crippen LogP contribution in [-0.2, 0) is 28.6 Å². The molecule has 362 valence electrons. The standard InChI is InChI=1S/C55H106O6/c1-6-8-9-10-11-12-13-14-15-16-19-25-30-35-40-45-53(56)59-48-52(61-55(58)47-42-37-32-27-20-17-18-23-28-33-38-43-50(3)4)49-60-54(57)46-41-36-31-26-22-21-24-29-34-39-44-51(5)7-2/h50-52H,6-49H2,1-5H3/t51?,52-/m1/s1. The van der Waals surface area contributed by atoms with Crippen molar-refractivity contribution in [1.29, 1.82) is 0 Å². The van der Waals surface area contributed by atoms with E-state index in [-0.39, 0.29) is 31.1 Å². The summed E-state index contributed by atoms with van der Waals surface area (Å²) in [6, 6.07) is 0. The van der Waals surface area contributed by atoms with Gasteiger partial charge >= 0.3 is 17.9 Å². The van der Waals surface area contributed by atoms with Crippen LogP contribution >= 0.6 is 0 Å². The van der Waals surface area contributed by atoms with E-state index in [2.05, 4.69) is 34.6 Å². The number of ether oxygens (including phenoxy) is 3. The van der Waals surface area contributed by atoms with Gasteiger partial charge in [0.2, 0.25) is 0 Å². The second-order valence-corrected chi connectivity index (χ2v) is 19.6. The molecule has 0 rings (SSSR count). The largest absolute Gasteiger partial charge is 0.462 e. The van der Waals surface area contributed by atoms with Crippen molar-refractivity contribution in [2.24, 2.45) is 11.8 Å². The van der Waals surface area contributed by atoms with E-state index in [1.165, 1.54) is 193 Å². The SMILES string of the molecule is CCCCCCCCCCCCCCCCCC(=O)OC[C@H](COC(=O)CCCCCCCCCCCCC(C)CC)OC(=O)CCCCCCCCCCCCCC(C)C. The molecule has 0 saturated heterocycles. The Morgan fingerprint density at radius 1 is 0.344 bits per heavy atom. The zero-order valence-electron chi connectivity index (χ0n) is 41.8. The average molecular weight is 863 g/mol. The van der Waals surface area contributed by atoms with Crippen LogP contribution in [0.5, 0.6) is 0 Å². The van der Waals surface area contributed by atoms with Crippen LogP contribution in [0.1, 0.15) is 304 Å². The summed E-state index contributed by atoms with van der Waals surface area (Å²) in [6.45, 7) is 11.4. The maximum absolute atomic E-state index is 12.8. The highest BCUT2D eigenvalue weighted by atomic mass is 16.6. The lowest BCUT2D eigenvalue weighted by Gasteiger charge is -2.18. The first kappa shape index (κ1) is 59.4. The fourth-order valence-electron chi connectivity index (χ4n) is 8.31. The van der Waals surface area contributed by atoms with E-state index >= 15 is 0 Å². The Balaban J connectivity index is 4.32. The third-order valence-corrected chi connectivity index (χ3v) is 12.8. The number of hydrogen-bond donors (Lipinski definition) is 0. The minimum atomic E-state index is -0.762. The van der Waals surface area contributed by atoms with Gasteiger partial charge in [0.05, 0.1) is 0 Å². The summed E-state index contributed by atoms with van der Waals surface area (Å²) in [5, 5.41) is 0. The van der Waals surface area contributed by atoms with Crippen molar-refractivity contribution in [3.05, 3.63) is 0 Å². The Labute approximate surface area is 380 Å². The molecule has 0 N–H and O–H groups in total. The average Bonchev–Trinajstić information content (AvgIpc) is 3.24. The molecule has 2 atom stereocenters. The van der Waals surface area contributed by atoms with Gasteiger partial charge in [0, 0.05) is 19.3 Å². The van der Waals surface area contributed by atoms with Gasteiger partial charge in [-0.3, -0.25) is 14.4 Å². The lowest BCUT2D eigenvalue weighted by Crippen LogP contribution is -2.30. The molecule has 0 fully saturated rings. The summed E-state index contributed by atoms with van der Waals surface area (Å²) in [4.78, 5) is 38.0. The van der Waals surface area contributed by atoms with Gasteiger partial charge in [-0.1, -0.05) is 266 Å². The first-order chi connectivity index (χ1) is 29.8. The molecule has 0 aromatic rings. The topological polar surface area (TPSA) is 78.9 Å². The zero-order valence-corrected chi connectivity index (χ0v) is 41.8. The summed E-state index contributed by atoms with van der Waals surface area (Å²) in [6.07, 6.45) is 49.4. The quantitative estimate of drug-likeness (QED) is 0.0344. The molecule has 6 nitrogen and oxygen atoms in total. The minimum Gasteiger partial charge on any atom is -0.462 e. The summed E-state index contributed by atoms with van der Waals surface area (Å²) in [5.74, 6) is 0.850. The van der Waals surface area contributed by atoms with Crippen LogP contribution < -0.4 is 0 Å². The highest BCUT2D eigenvalue weighted by Gasteiger charge is 2.19. The minimum absolute atomic E-state index is 0.0633. The van der Waals surface area contributed by atoms with Crippen molar-refractivity contribution >= 4 is 17.9 Å². The van der Waals surface area contributed by atoms with Crippen molar-refractivity contribution in [3.63, 3.8) is 0 Å². The van der Waals surface area contributed by atoms with Crippen molar-refractivity contribution in [2.45, 2.75) is 310 Å². The Kier molecular flexibility index (Phi) is 46.6. The third-order valence-electron chi connectivity index (χ3n) is 12.8. The van der Waals surface area contributed by atoms with E-state index in [1.54, 1.807) is 0 Å². The van der Waals surface area contributed by atoms with E-state index in [0.717, 1.165) is 69.6 Å². The smallest absolute Gasteiger partial charge is 0.306 e. The van der Waals surface area contributed by atoms with Crippen LogP contribution in [0, 0.1) is 11.8 Å². The van der Waals surface area contributed by atoms with Crippen molar-refractivity contribution in [2.75, 3.05) is 13.2 Å². The maximum atomic E-state index is 12.8. The van der Waals surface area contributed by atoms with Crippen LogP contribution in [-0.4, -0.2) is 37.2 Å². The van der Waals surface area contributed by atoms with Crippen molar-refractivity contribution in [3.8, 4) is 0 Å². The molecule has 0 spiro atoms. The van der Waals surface area contributed by atoms with Crippen LogP contribution in [0.2, 0.25) is 0 Å². The lowest BCUT2D eigenvalue weighted by molar-refractivity contribution is -0.167. The molecular weight excluding hydrogens is 757 g/mol. The van der Waals surface area contributed by atoms with Gasteiger partial charge in [-0.15, -0.1) is 0 Å². The molecule has 0 aliphatic heterocycles. The van der Waals surface area contributed by atoms with Gasteiger partial charge in [-0.2, -0.15) is 0 Å². The molecule has 0 aromatic heterocycles. The van der Waals surface area contributed by atoms with Gasteiger partial charge in [0.1, 0.15) is 13.2 Å². The van der Waals surface area contributed by atoms with E-state index in [1.807, 2.05) is 0 Å². The molecule has 0 aliphatic carbocycles. The maximum Gasteiger partial charge on any atom is 0.306 e. The number of esters is 3. The van der Waals surface area contributed by atoms with Crippen LogP contribution in [0.4, 0.5) is 0 Å². The number of carbonyl (C=O) groups excluding carboxylic acids is 3. The van der Waals surface area contributed by atoms with Crippen molar-refractivity contribution < 1.29 is 28.6 Å². The predicted octanol–water partition coefficient (Wildman–Crippen LogP) is 17.7. The Morgan fingerprint density at radius 2 is 0.623 bits per heavy atom. The molecule has 0 aliphatic rings. The molecule has 0 radical (unpaired) electrons.